The van der Waals surface area contributed by atoms with Crippen LogP contribution in [0, 0.1) is 10.1 Å². The molecule has 2 heterocycles. The van der Waals surface area contributed by atoms with Gasteiger partial charge in [0.25, 0.3) is 0 Å². The third-order valence-electron chi connectivity index (χ3n) is 2.42. The number of hydrogen-bond donors (Lipinski definition) is 0. The first-order valence-corrected chi connectivity index (χ1v) is 7.00. The molecule has 0 saturated heterocycles. The third kappa shape index (κ3) is 2.92. The molecule has 0 fully saturated rings. The van der Waals surface area contributed by atoms with Gasteiger partial charge in [-0.15, -0.1) is 10.2 Å². The maximum atomic E-state index is 11.0. The highest BCUT2D eigenvalue weighted by atomic mass is 79.9. The lowest BCUT2D eigenvalue weighted by atomic mass is 10.4. The van der Waals surface area contributed by atoms with Crippen LogP contribution in [0.5, 0.6) is 0 Å². The Morgan fingerprint density at radius 1 is 1.53 bits per heavy atom. The maximum Gasteiger partial charge on any atom is 0.302 e. The molecule has 9 heteroatoms. The molecule has 0 bridgehead atoms. The SMILES string of the molecule is CCc1nnc(Sc2ncc(Br)cc2[N+](=O)[O-])n1C. The Bertz CT molecular complexity index is 630. The van der Waals surface area contributed by atoms with Crippen molar-refractivity contribution in [2.75, 3.05) is 0 Å². The Kier molecular flexibility index (Phi) is 4.15. The summed E-state index contributed by atoms with van der Waals surface area (Å²) in [6.45, 7) is 1.97. The van der Waals surface area contributed by atoms with Crippen LogP contribution in [0.4, 0.5) is 5.69 Å². The Morgan fingerprint density at radius 3 is 2.84 bits per heavy atom. The molecule has 2 rings (SSSR count). The van der Waals surface area contributed by atoms with Crippen molar-refractivity contribution in [3.05, 3.63) is 32.7 Å². The van der Waals surface area contributed by atoms with E-state index in [1.807, 2.05) is 14.0 Å². The third-order valence-corrected chi connectivity index (χ3v) is 3.90. The summed E-state index contributed by atoms with van der Waals surface area (Å²) in [6, 6.07) is 1.42. The van der Waals surface area contributed by atoms with Crippen LogP contribution in [0.15, 0.2) is 26.9 Å². The fourth-order valence-corrected chi connectivity index (χ4v) is 2.61. The highest BCUT2D eigenvalue weighted by Gasteiger charge is 2.19. The average Bonchev–Trinajstić information content (AvgIpc) is 2.72. The summed E-state index contributed by atoms with van der Waals surface area (Å²) in [4.78, 5) is 14.6. The molecule has 0 unspecified atom stereocenters. The van der Waals surface area contributed by atoms with Gasteiger partial charge in [-0.1, -0.05) is 6.92 Å². The summed E-state index contributed by atoms with van der Waals surface area (Å²) in [5.74, 6) is 0.822. The molecule has 2 aromatic heterocycles. The Hall–Kier alpha value is -1.48. The van der Waals surface area contributed by atoms with Gasteiger partial charge in [0.2, 0.25) is 0 Å². The van der Waals surface area contributed by atoms with Crippen LogP contribution in [-0.2, 0) is 13.5 Å². The van der Waals surface area contributed by atoms with E-state index in [0.29, 0.717) is 14.7 Å². The fraction of sp³-hybridized carbons (Fsp3) is 0.300. The van der Waals surface area contributed by atoms with Crippen LogP contribution in [0.2, 0.25) is 0 Å². The van der Waals surface area contributed by atoms with Crippen molar-refractivity contribution in [2.45, 2.75) is 23.5 Å². The van der Waals surface area contributed by atoms with Crippen molar-refractivity contribution < 1.29 is 4.92 Å². The predicted molar refractivity (Wildman–Crippen MR) is 73.1 cm³/mol. The summed E-state index contributed by atoms with van der Waals surface area (Å²) < 4.78 is 2.37. The standard InChI is InChI=1S/C10H10BrN5O2S/c1-3-8-13-14-10(15(8)2)19-9-7(16(17)18)4-6(11)5-12-9/h4-5H,3H2,1-2H3. The van der Waals surface area contributed by atoms with Crippen molar-refractivity contribution in [1.82, 2.24) is 19.7 Å². The zero-order chi connectivity index (χ0) is 14.0. The lowest BCUT2D eigenvalue weighted by molar-refractivity contribution is -0.388. The van der Waals surface area contributed by atoms with Crippen molar-refractivity contribution in [2.24, 2.45) is 7.05 Å². The molecule has 100 valence electrons. The van der Waals surface area contributed by atoms with Gasteiger partial charge in [0.15, 0.2) is 10.2 Å². The van der Waals surface area contributed by atoms with Crippen LogP contribution in [0.1, 0.15) is 12.7 Å². The summed E-state index contributed by atoms with van der Waals surface area (Å²) >= 11 is 4.30. The van der Waals surface area contributed by atoms with E-state index in [4.69, 9.17) is 0 Å². The van der Waals surface area contributed by atoms with Gasteiger partial charge in [-0.05, 0) is 27.7 Å². The van der Waals surface area contributed by atoms with Crippen LogP contribution in [0.3, 0.4) is 0 Å². The zero-order valence-electron chi connectivity index (χ0n) is 10.2. The molecule has 0 amide bonds. The van der Waals surface area contributed by atoms with E-state index in [-0.39, 0.29) is 5.69 Å². The summed E-state index contributed by atoms with van der Waals surface area (Å²) in [5, 5.41) is 19.9. The van der Waals surface area contributed by atoms with Gasteiger partial charge in [-0.3, -0.25) is 10.1 Å². The lowest BCUT2D eigenvalue weighted by Gasteiger charge is -2.03. The fourth-order valence-electron chi connectivity index (χ4n) is 1.45. The van der Waals surface area contributed by atoms with Crippen LogP contribution >= 0.6 is 27.7 Å². The first-order valence-electron chi connectivity index (χ1n) is 5.39. The van der Waals surface area contributed by atoms with Crippen molar-refractivity contribution in [3.8, 4) is 0 Å². The summed E-state index contributed by atoms with van der Waals surface area (Å²) in [7, 11) is 1.83. The predicted octanol–water partition coefficient (Wildman–Crippen LogP) is 2.59. The summed E-state index contributed by atoms with van der Waals surface area (Å²) in [6.07, 6.45) is 2.27. The second-order valence-corrected chi connectivity index (χ2v) is 5.52. The second-order valence-electron chi connectivity index (χ2n) is 3.65. The minimum Gasteiger partial charge on any atom is -0.309 e. The average molecular weight is 344 g/mol. The highest BCUT2D eigenvalue weighted by molar-refractivity contribution is 9.10. The van der Waals surface area contributed by atoms with Crippen molar-refractivity contribution in [1.29, 1.82) is 0 Å². The molecule has 0 aromatic carbocycles. The van der Waals surface area contributed by atoms with E-state index < -0.39 is 4.92 Å². The zero-order valence-corrected chi connectivity index (χ0v) is 12.6. The first kappa shape index (κ1) is 13.9. The number of aryl methyl sites for hydroxylation is 1. The molecule has 0 saturated carbocycles. The number of pyridine rings is 1. The molecule has 0 aliphatic heterocycles. The topological polar surface area (TPSA) is 86.7 Å². The van der Waals surface area contributed by atoms with Crippen molar-refractivity contribution >= 4 is 33.4 Å². The van der Waals surface area contributed by atoms with Gasteiger partial charge in [0, 0.05) is 30.2 Å². The van der Waals surface area contributed by atoms with Gasteiger partial charge >= 0.3 is 5.69 Å². The van der Waals surface area contributed by atoms with E-state index in [2.05, 4.69) is 31.1 Å². The largest absolute Gasteiger partial charge is 0.309 e. The molecular weight excluding hydrogens is 334 g/mol. The van der Waals surface area contributed by atoms with Crippen LogP contribution in [0.25, 0.3) is 0 Å². The minimum absolute atomic E-state index is 0.0552. The normalized spacial score (nSPS) is 10.7. The van der Waals surface area contributed by atoms with Gasteiger partial charge < -0.3 is 4.57 Å². The summed E-state index contributed by atoms with van der Waals surface area (Å²) in [5.41, 5.74) is -0.0552. The molecule has 7 nitrogen and oxygen atoms in total. The highest BCUT2D eigenvalue weighted by Crippen LogP contribution is 2.33. The van der Waals surface area contributed by atoms with Gasteiger partial charge in [0.1, 0.15) is 5.82 Å². The lowest BCUT2D eigenvalue weighted by Crippen LogP contribution is -1.98. The smallest absolute Gasteiger partial charge is 0.302 e. The number of hydrogen-bond acceptors (Lipinski definition) is 6. The molecule has 0 atom stereocenters. The van der Waals surface area contributed by atoms with E-state index in [9.17, 15) is 10.1 Å². The van der Waals surface area contributed by atoms with E-state index >= 15 is 0 Å². The number of nitro groups is 1. The number of rotatable bonds is 4. The van der Waals surface area contributed by atoms with E-state index in [1.54, 1.807) is 4.57 Å². The maximum absolute atomic E-state index is 11.0. The van der Waals surface area contributed by atoms with Gasteiger partial charge in [0.05, 0.1) is 4.92 Å². The molecule has 0 radical (unpaired) electrons. The number of halogens is 1. The number of aromatic nitrogens is 4. The van der Waals surface area contributed by atoms with Gasteiger partial charge in [-0.25, -0.2) is 4.98 Å². The Balaban J connectivity index is 2.37. The van der Waals surface area contributed by atoms with E-state index in [0.717, 1.165) is 24.0 Å². The Morgan fingerprint density at radius 2 is 2.26 bits per heavy atom. The first-order chi connectivity index (χ1) is 9.02. The molecule has 0 spiro atoms. The monoisotopic (exact) mass is 343 g/mol. The molecule has 2 aromatic rings. The van der Waals surface area contributed by atoms with Gasteiger partial charge in [-0.2, -0.15) is 0 Å². The number of nitrogens with zero attached hydrogens (tertiary/aromatic N) is 5. The van der Waals surface area contributed by atoms with E-state index in [1.165, 1.54) is 12.3 Å². The van der Waals surface area contributed by atoms with Crippen LogP contribution < -0.4 is 0 Å². The molecule has 0 N–H and O–H groups in total. The molecule has 19 heavy (non-hydrogen) atoms. The molecular formula is C10H10BrN5O2S. The molecule has 0 aliphatic carbocycles. The van der Waals surface area contributed by atoms with Crippen molar-refractivity contribution in [3.63, 3.8) is 0 Å². The second kappa shape index (κ2) is 5.66. The Labute approximate surface area is 121 Å². The quantitative estimate of drug-likeness (QED) is 0.626. The molecule has 0 aliphatic rings. The van der Waals surface area contributed by atoms with Crippen LogP contribution in [-0.4, -0.2) is 24.7 Å². The minimum atomic E-state index is -0.461.